The van der Waals surface area contributed by atoms with E-state index < -0.39 is 17.6 Å². The van der Waals surface area contributed by atoms with E-state index in [1.807, 2.05) is 0 Å². The second-order valence-corrected chi connectivity index (χ2v) is 5.17. The largest absolute Gasteiger partial charge is 0.352 e. The van der Waals surface area contributed by atoms with E-state index in [1.54, 1.807) is 24.5 Å². The zero-order valence-electron chi connectivity index (χ0n) is 13.5. The van der Waals surface area contributed by atoms with Crippen molar-refractivity contribution in [1.82, 2.24) is 10.3 Å². The molecule has 0 aliphatic heterocycles. The van der Waals surface area contributed by atoms with Crippen LogP contribution < -0.4 is 16.0 Å². The lowest BCUT2D eigenvalue weighted by Gasteiger charge is -2.09. The van der Waals surface area contributed by atoms with Gasteiger partial charge in [0.15, 0.2) is 0 Å². The van der Waals surface area contributed by atoms with Crippen LogP contribution in [0.5, 0.6) is 0 Å². The van der Waals surface area contributed by atoms with Crippen LogP contribution in [0.4, 0.5) is 15.8 Å². The van der Waals surface area contributed by atoms with E-state index >= 15 is 0 Å². The summed E-state index contributed by atoms with van der Waals surface area (Å²) in [6.45, 7) is 1.36. The smallest absolute Gasteiger partial charge is 0.251 e. The monoisotopic (exact) mass is 344 g/mol. The predicted octanol–water partition coefficient (Wildman–Crippen LogP) is 1.94. The first-order valence-corrected chi connectivity index (χ1v) is 7.51. The Hall–Kier alpha value is -3.29. The Morgan fingerprint density at radius 2 is 1.80 bits per heavy atom. The van der Waals surface area contributed by atoms with Gasteiger partial charge in [-0.15, -0.1) is 0 Å². The minimum absolute atomic E-state index is 0.0735. The topological polar surface area (TPSA) is 100 Å². The highest BCUT2D eigenvalue weighted by Gasteiger charge is 2.11. The molecular weight excluding hydrogens is 327 g/mol. The van der Waals surface area contributed by atoms with Crippen molar-refractivity contribution in [1.29, 1.82) is 0 Å². The molecule has 130 valence electrons. The van der Waals surface area contributed by atoms with E-state index in [1.165, 1.54) is 19.1 Å². The highest BCUT2D eigenvalue weighted by atomic mass is 19.1. The summed E-state index contributed by atoms with van der Waals surface area (Å²) < 4.78 is 13.6. The molecule has 0 bridgehead atoms. The lowest BCUT2D eigenvalue weighted by atomic mass is 10.1. The van der Waals surface area contributed by atoms with E-state index in [0.29, 0.717) is 5.69 Å². The molecule has 25 heavy (non-hydrogen) atoms. The Morgan fingerprint density at radius 3 is 2.48 bits per heavy atom. The van der Waals surface area contributed by atoms with Gasteiger partial charge in [-0.05, 0) is 30.3 Å². The number of anilines is 2. The molecule has 0 aliphatic rings. The quantitative estimate of drug-likeness (QED) is 0.745. The normalized spacial score (nSPS) is 10.0. The maximum absolute atomic E-state index is 13.6. The van der Waals surface area contributed by atoms with Crippen molar-refractivity contribution < 1.29 is 18.8 Å². The molecule has 2 aromatic rings. The summed E-state index contributed by atoms with van der Waals surface area (Å²) in [5, 5.41) is 7.54. The minimum Gasteiger partial charge on any atom is -0.352 e. The molecule has 0 spiro atoms. The Balaban J connectivity index is 1.86. The first kappa shape index (κ1) is 18.1. The maximum Gasteiger partial charge on any atom is 0.251 e. The summed E-state index contributed by atoms with van der Waals surface area (Å²) in [4.78, 5) is 38.7. The number of amides is 3. The second kappa shape index (κ2) is 8.53. The van der Waals surface area contributed by atoms with Crippen LogP contribution in [0.2, 0.25) is 0 Å². The maximum atomic E-state index is 13.6. The van der Waals surface area contributed by atoms with Gasteiger partial charge >= 0.3 is 0 Å². The van der Waals surface area contributed by atoms with Gasteiger partial charge in [0.05, 0.1) is 5.69 Å². The van der Waals surface area contributed by atoms with Gasteiger partial charge in [0, 0.05) is 43.5 Å². The first-order valence-electron chi connectivity index (χ1n) is 7.51. The number of benzene rings is 1. The predicted molar refractivity (Wildman–Crippen MR) is 90.5 cm³/mol. The Kier molecular flexibility index (Phi) is 6.16. The van der Waals surface area contributed by atoms with Crippen LogP contribution in [0.15, 0.2) is 42.7 Å². The average Bonchev–Trinajstić information content (AvgIpc) is 2.57. The van der Waals surface area contributed by atoms with Crippen molar-refractivity contribution in [2.75, 3.05) is 17.2 Å². The number of hydrogen-bond acceptors (Lipinski definition) is 4. The molecule has 1 aromatic heterocycles. The second-order valence-electron chi connectivity index (χ2n) is 5.17. The highest BCUT2D eigenvalue weighted by Crippen LogP contribution is 2.16. The van der Waals surface area contributed by atoms with E-state index in [4.69, 9.17) is 0 Å². The number of aromatic nitrogens is 1. The van der Waals surface area contributed by atoms with Crippen LogP contribution in [0.25, 0.3) is 0 Å². The summed E-state index contributed by atoms with van der Waals surface area (Å²) >= 11 is 0. The number of pyridine rings is 1. The molecule has 1 heterocycles. The number of rotatable bonds is 6. The number of nitrogens with one attached hydrogen (secondary N) is 3. The zero-order valence-corrected chi connectivity index (χ0v) is 13.5. The van der Waals surface area contributed by atoms with Gasteiger partial charge in [-0.2, -0.15) is 0 Å². The van der Waals surface area contributed by atoms with Crippen LogP contribution in [0, 0.1) is 5.82 Å². The van der Waals surface area contributed by atoms with Crippen LogP contribution in [-0.2, 0) is 9.59 Å². The summed E-state index contributed by atoms with van der Waals surface area (Å²) in [5.74, 6) is -1.81. The van der Waals surface area contributed by atoms with E-state index in [0.717, 1.165) is 6.07 Å². The van der Waals surface area contributed by atoms with Crippen LogP contribution >= 0.6 is 0 Å². The molecule has 1 aromatic carbocycles. The minimum atomic E-state index is -0.636. The average molecular weight is 344 g/mol. The molecule has 0 unspecified atom stereocenters. The van der Waals surface area contributed by atoms with Gasteiger partial charge in [0.25, 0.3) is 5.91 Å². The molecule has 3 N–H and O–H groups in total. The van der Waals surface area contributed by atoms with Crippen molar-refractivity contribution in [3.63, 3.8) is 0 Å². The first-order chi connectivity index (χ1) is 12.0. The van der Waals surface area contributed by atoms with Gasteiger partial charge in [0.2, 0.25) is 11.8 Å². The fourth-order valence-corrected chi connectivity index (χ4v) is 2.00. The van der Waals surface area contributed by atoms with Crippen LogP contribution in [0.1, 0.15) is 23.7 Å². The van der Waals surface area contributed by atoms with Gasteiger partial charge in [0.1, 0.15) is 5.82 Å². The molecule has 0 radical (unpaired) electrons. The van der Waals surface area contributed by atoms with Crippen LogP contribution in [0.3, 0.4) is 0 Å². The third-order valence-corrected chi connectivity index (χ3v) is 3.14. The third-order valence-electron chi connectivity index (χ3n) is 3.14. The van der Waals surface area contributed by atoms with Gasteiger partial charge in [-0.25, -0.2) is 4.39 Å². The van der Waals surface area contributed by atoms with Gasteiger partial charge in [-0.3, -0.25) is 19.4 Å². The van der Waals surface area contributed by atoms with E-state index in [9.17, 15) is 18.8 Å². The summed E-state index contributed by atoms with van der Waals surface area (Å²) in [6, 6.07) is 6.93. The number of carbonyl (C=O) groups excluding carboxylic acids is 3. The van der Waals surface area contributed by atoms with Crippen molar-refractivity contribution in [3.05, 3.63) is 54.1 Å². The number of carbonyl (C=O) groups is 3. The summed E-state index contributed by atoms with van der Waals surface area (Å²) in [6.07, 6.45) is 3.19. The number of halogens is 1. The molecule has 3 amide bonds. The highest BCUT2D eigenvalue weighted by molar-refractivity contribution is 5.97. The SMILES string of the molecule is CC(=O)Nc1cc(C(=O)NCCC(=O)Nc2ccncc2)ccc1F. The van der Waals surface area contributed by atoms with E-state index in [-0.39, 0.29) is 30.1 Å². The molecular formula is C17H17FN4O3. The van der Waals surface area contributed by atoms with Crippen molar-refractivity contribution in [2.45, 2.75) is 13.3 Å². The third kappa shape index (κ3) is 5.69. The molecule has 2 rings (SSSR count). The Labute approximate surface area is 143 Å². The fourth-order valence-electron chi connectivity index (χ4n) is 2.00. The Morgan fingerprint density at radius 1 is 1.08 bits per heavy atom. The zero-order chi connectivity index (χ0) is 18.2. The summed E-state index contributed by atoms with van der Waals surface area (Å²) in [7, 11) is 0. The Bertz CT molecular complexity index is 781. The van der Waals surface area contributed by atoms with Gasteiger partial charge in [-0.1, -0.05) is 0 Å². The standard InChI is InChI=1S/C17H17FN4O3/c1-11(23)21-15-10-12(2-3-14(15)18)17(25)20-9-6-16(24)22-13-4-7-19-8-5-13/h2-5,7-8,10H,6,9H2,1H3,(H,20,25)(H,21,23)(H,19,22,24). The van der Waals surface area contributed by atoms with Crippen molar-refractivity contribution >= 4 is 29.1 Å². The number of nitrogens with zero attached hydrogens (tertiary/aromatic N) is 1. The fraction of sp³-hybridized carbons (Fsp3) is 0.176. The molecule has 0 saturated carbocycles. The lowest BCUT2D eigenvalue weighted by Crippen LogP contribution is -2.27. The van der Waals surface area contributed by atoms with Crippen molar-refractivity contribution in [2.24, 2.45) is 0 Å². The van der Waals surface area contributed by atoms with Gasteiger partial charge < -0.3 is 16.0 Å². The van der Waals surface area contributed by atoms with E-state index in [2.05, 4.69) is 20.9 Å². The molecule has 0 atom stereocenters. The molecule has 7 nitrogen and oxygen atoms in total. The molecule has 0 aliphatic carbocycles. The molecule has 8 heteroatoms. The number of hydrogen-bond donors (Lipinski definition) is 3. The molecule has 0 fully saturated rings. The summed E-state index contributed by atoms with van der Waals surface area (Å²) in [5.41, 5.74) is 0.722. The van der Waals surface area contributed by atoms with Crippen LogP contribution in [-0.4, -0.2) is 29.3 Å². The van der Waals surface area contributed by atoms with Crippen molar-refractivity contribution in [3.8, 4) is 0 Å². The molecule has 0 saturated heterocycles. The lowest BCUT2D eigenvalue weighted by molar-refractivity contribution is -0.116.